The van der Waals surface area contributed by atoms with Gasteiger partial charge in [-0.1, -0.05) is 35.3 Å². The first-order valence-electron chi connectivity index (χ1n) is 7.94. The van der Waals surface area contributed by atoms with E-state index in [9.17, 15) is 9.59 Å². The summed E-state index contributed by atoms with van der Waals surface area (Å²) in [6, 6.07) is 14.9. The molecule has 0 bridgehead atoms. The summed E-state index contributed by atoms with van der Waals surface area (Å²) in [5.74, 6) is -0.681. The summed E-state index contributed by atoms with van der Waals surface area (Å²) >= 11 is 11.6. The number of hydrogen-bond donors (Lipinski definition) is 2. The molecule has 6 nitrogen and oxygen atoms in total. The van der Waals surface area contributed by atoms with Crippen LogP contribution in [0.4, 0.5) is 5.69 Å². The van der Waals surface area contributed by atoms with E-state index in [1.807, 2.05) is 12.1 Å². The highest BCUT2D eigenvalue weighted by Crippen LogP contribution is 2.17. The minimum Gasteiger partial charge on any atom is -0.346 e. The molecule has 0 spiro atoms. The molecule has 0 saturated carbocycles. The number of amides is 2. The van der Waals surface area contributed by atoms with Crippen LogP contribution in [-0.4, -0.2) is 21.8 Å². The van der Waals surface area contributed by atoms with Gasteiger partial charge in [0.25, 0.3) is 11.8 Å². The number of rotatable bonds is 5. The normalized spacial score (nSPS) is 10.3. The number of benzene rings is 1. The lowest BCUT2D eigenvalue weighted by molar-refractivity contribution is 0.0949. The lowest BCUT2D eigenvalue weighted by Gasteiger charge is -2.09. The zero-order chi connectivity index (χ0) is 19.2. The number of carbonyl (C=O) groups is 2. The molecule has 0 fully saturated rings. The highest BCUT2D eigenvalue weighted by molar-refractivity contribution is 6.33. The van der Waals surface area contributed by atoms with E-state index in [2.05, 4.69) is 20.6 Å². The van der Waals surface area contributed by atoms with Gasteiger partial charge in [0.1, 0.15) is 10.3 Å². The molecule has 2 N–H and O–H groups in total. The first-order valence-corrected chi connectivity index (χ1v) is 8.69. The van der Waals surface area contributed by atoms with Crippen LogP contribution < -0.4 is 10.6 Å². The van der Waals surface area contributed by atoms with Gasteiger partial charge in [-0.05, 0) is 42.5 Å². The Balaban J connectivity index is 1.67. The predicted molar refractivity (Wildman–Crippen MR) is 104 cm³/mol. The third-order valence-electron chi connectivity index (χ3n) is 3.56. The topological polar surface area (TPSA) is 84.0 Å². The van der Waals surface area contributed by atoms with Gasteiger partial charge in [0, 0.05) is 23.0 Å². The van der Waals surface area contributed by atoms with Gasteiger partial charge < -0.3 is 10.6 Å². The van der Waals surface area contributed by atoms with E-state index < -0.39 is 5.91 Å². The Kier molecular flexibility index (Phi) is 6.01. The molecule has 2 amide bonds. The summed E-state index contributed by atoms with van der Waals surface area (Å²) in [4.78, 5) is 32.6. The minimum absolute atomic E-state index is 0.121. The molecule has 136 valence electrons. The number of nitrogens with zero attached hydrogens (tertiary/aromatic N) is 2. The Morgan fingerprint density at radius 2 is 1.67 bits per heavy atom. The molecule has 3 aromatic rings. The van der Waals surface area contributed by atoms with Crippen LogP contribution in [0.5, 0.6) is 0 Å². The maximum atomic E-state index is 12.3. The Hall–Kier alpha value is -2.96. The van der Waals surface area contributed by atoms with E-state index >= 15 is 0 Å². The van der Waals surface area contributed by atoms with Crippen LogP contribution in [0.3, 0.4) is 0 Å². The van der Waals surface area contributed by atoms with E-state index in [4.69, 9.17) is 23.2 Å². The number of halogens is 2. The van der Waals surface area contributed by atoms with Crippen LogP contribution in [0.25, 0.3) is 0 Å². The minimum atomic E-state index is -0.410. The van der Waals surface area contributed by atoms with Crippen molar-refractivity contribution in [2.45, 2.75) is 6.54 Å². The SMILES string of the molecule is O=C(NCc1ccccn1)c1cccc(NC(=O)c2cc(Cl)nc(Cl)c2)c1. The lowest BCUT2D eigenvalue weighted by Crippen LogP contribution is -2.23. The van der Waals surface area contributed by atoms with Crippen molar-refractivity contribution in [3.05, 3.63) is 87.9 Å². The monoisotopic (exact) mass is 400 g/mol. The van der Waals surface area contributed by atoms with Crippen LogP contribution in [0.1, 0.15) is 26.4 Å². The first kappa shape index (κ1) is 18.8. The summed E-state index contributed by atoms with van der Waals surface area (Å²) in [7, 11) is 0. The van der Waals surface area contributed by atoms with Crippen molar-refractivity contribution in [1.29, 1.82) is 0 Å². The smallest absolute Gasteiger partial charge is 0.255 e. The van der Waals surface area contributed by atoms with Gasteiger partial charge in [-0.3, -0.25) is 14.6 Å². The Morgan fingerprint density at radius 3 is 2.37 bits per heavy atom. The van der Waals surface area contributed by atoms with Crippen molar-refractivity contribution in [3.8, 4) is 0 Å². The van der Waals surface area contributed by atoms with Gasteiger partial charge in [0.05, 0.1) is 12.2 Å². The molecular formula is C19H14Cl2N4O2. The molecule has 0 aliphatic rings. The summed E-state index contributed by atoms with van der Waals surface area (Å²) in [5.41, 5.74) is 1.90. The van der Waals surface area contributed by atoms with Gasteiger partial charge in [-0.15, -0.1) is 0 Å². The average Bonchev–Trinajstić information content (AvgIpc) is 2.66. The average molecular weight is 401 g/mol. The molecule has 0 unspecified atom stereocenters. The largest absolute Gasteiger partial charge is 0.346 e. The van der Waals surface area contributed by atoms with Crippen LogP contribution >= 0.6 is 23.2 Å². The Bertz CT molecular complexity index is 960. The van der Waals surface area contributed by atoms with Crippen molar-refractivity contribution in [2.24, 2.45) is 0 Å². The van der Waals surface area contributed by atoms with Gasteiger partial charge in [-0.25, -0.2) is 4.98 Å². The maximum absolute atomic E-state index is 12.3. The molecule has 27 heavy (non-hydrogen) atoms. The van der Waals surface area contributed by atoms with Crippen LogP contribution in [0.15, 0.2) is 60.8 Å². The van der Waals surface area contributed by atoms with E-state index in [0.717, 1.165) is 5.69 Å². The number of hydrogen-bond acceptors (Lipinski definition) is 4. The summed E-state index contributed by atoms with van der Waals surface area (Å²) < 4.78 is 0. The lowest BCUT2D eigenvalue weighted by atomic mass is 10.1. The van der Waals surface area contributed by atoms with Crippen LogP contribution in [0, 0.1) is 0 Å². The fourth-order valence-electron chi connectivity index (χ4n) is 2.31. The third-order valence-corrected chi connectivity index (χ3v) is 3.95. The summed E-state index contributed by atoms with van der Waals surface area (Å²) in [6.07, 6.45) is 1.66. The highest BCUT2D eigenvalue weighted by Gasteiger charge is 2.11. The van der Waals surface area contributed by atoms with Crippen molar-refractivity contribution >= 4 is 40.7 Å². The second-order valence-corrected chi connectivity index (χ2v) is 6.31. The van der Waals surface area contributed by atoms with E-state index in [0.29, 0.717) is 17.8 Å². The Labute approximate surface area is 165 Å². The first-order chi connectivity index (χ1) is 13.0. The van der Waals surface area contributed by atoms with Crippen molar-refractivity contribution in [3.63, 3.8) is 0 Å². The molecule has 0 saturated heterocycles. The van der Waals surface area contributed by atoms with Crippen molar-refractivity contribution in [1.82, 2.24) is 15.3 Å². The zero-order valence-corrected chi connectivity index (χ0v) is 15.5. The fourth-order valence-corrected chi connectivity index (χ4v) is 2.77. The van der Waals surface area contributed by atoms with E-state index in [1.165, 1.54) is 12.1 Å². The number of carbonyl (C=O) groups excluding carboxylic acids is 2. The molecule has 3 rings (SSSR count). The fraction of sp³-hybridized carbons (Fsp3) is 0.0526. The highest BCUT2D eigenvalue weighted by atomic mass is 35.5. The number of anilines is 1. The maximum Gasteiger partial charge on any atom is 0.255 e. The Morgan fingerprint density at radius 1 is 0.889 bits per heavy atom. The van der Waals surface area contributed by atoms with Gasteiger partial charge >= 0.3 is 0 Å². The molecule has 0 atom stereocenters. The molecule has 0 radical (unpaired) electrons. The van der Waals surface area contributed by atoms with E-state index in [-0.39, 0.29) is 21.8 Å². The molecule has 1 aromatic carbocycles. The second-order valence-electron chi connectivity index (χ2n) is 5.54. The quantitative estimate of drug-likeness (QED) is 0.634. The standard InChI is InChI=1S/C19H14Cl2N4O2/c20-16-9-13(10-17(21)25-16)19(27)24-14-6-3-4-12(8-14)18(26)23-11-15-5-1-2-7-22-15/h1-10H,11H2,(H,23,26)(H,24,27). The molecular weight excluding hydrogens is 387 g/mol. The van der Waals surface area contributed by atoms with Gasteiger partial charge in [0.2, 0.25) is 0 Å². The molecule has 2 aromatic heterocycles. The third kappa shape index (κ3) is 5.26. The summed E-state index contributed by atoms with van der Waals surface area (Å²) in [6.45, 7) is 0.310. The van der Waals surface area contributed by atoms with Gasteiger partial charge in [-0.2, -0.15) is 0 Å². The van der Waals surface area contributed by atoms with Crippen LogP contribution in [0.2, 0.25) is 10.3 Å². The predicted octanol–water partition coefficient (Wildman–Crippen LogP) is 3.97. The molecule has 2 heterocycles. The van der Waals surface area contributed by atoms with E-state index in [1.54, 1.807) is 36.5 Å². The molecule has 0 aliphatic carbocycles. The van der Waals surface area contributed by atoms with Crippen LogP contribution in [-0.2, 0) is 6.54 Å². The molecule has 0 aliphatic heterocycles. The second kappa shape index (κ2) is 8.62. The summed E-state index contributed by atoms with van der Waals surface area (Å²) in [5, 5.41) is 5.73. The van der Waals surface area contributed by atoms with Crippen molar-refractivity contribution in [2.75, 3.05) is 5.32 Å². The molecule has 8 heteroatoms. The number of pyridine rings is 2. The number of aromatic nitrogens is 2. The zero-order valence-electron chi connectivity index (χ0n) is 13.9. The van der Waals surface area contributed by atoms with Gasteiger partial charge in [0.15, 0.2) is 0 Å². The number of nitrogens with one attached hydrogen (secondary N) is 2. The van der Waals surface area contributed by atoms with Crippen molar-refractivity contribution < 1.29 is 9.59 Å².